The van der Waals surface area contributed by atoms with Gasteiger partial charge in [-0.1, -0.05) is 6.08 Å². The van der Waals surface area contributed by atoms with Crippen molar-refractivity contribution in [3.05, 3.63) is 36.2 Å². The van der Waals surface area contributed by atoms with Crippen molar-refractivity contribution < 1.29 is 9.53 Å². The molecule has 0 radical (unpaired) electrons. The Morgan fingerprint density at radius 3 is 3.00 bits per heavy atom. The highest BCUT2D eigenvalue weighted by atomic mass is 32.2. The molecule has 0 aromatic carbocycles. The molecule has 0 bridgehead atoms. The lowest BCUT2D eigenvalue weighted by atomic mass is 10.1. The Morgan fingerprint density at radius 2 is 2.31 bits per heavy atom. The highest BCUT2D eigenvalue weighted by Gasteiger charge is 2.24. The Labute approximate surface area is 98.9 Å². The second kappa shape index (κ2) is 5.16. The normalized spacial score (nSPS) is 19.3. The van der Waals surface area contributed by atoms with E-state index in [4.69, 9.17) is 4.74 Å². The zero-order valence-electron chi connectivity index (χ0n) is 9.05. The van der Waals surface area contributed by atoms with Crippen LogP contribution >= 0.6 is 11.8 Å². The van der Waals surface area contributed by atoms with Crippen LogP contribution in [0.3, 0.4) is 0 Å². The first kappa shape index (κ1) is 11.2. The fourth-order valence-corrected chi connectivity index (χ4v) is 2.69. The number of hydrogen-bond acceptors (Lipinski definition) is 4. The molecule has 2 rings (SSSR count). The minimum atomic E-state index is -0.126. The van der Waals surface area contributed by atoms with Crippen LogP contribution in [-0.4, -0.2) is 23.3 Å². The molecule has 0 N–H and O–H groups in total. The molecule has 0 saturated carbocycles. The molecule has 1 unspecified atom stereocenters. The molecule has 0 fully saturated rings. The van der Waals surface area contributed by atoms with E-state index in [9.17, 15) is 4.79 Å². The lowest BCUT2D eigenvalue weighted by Gasteiger charge is -2.04. The summed E-state index contributed by atoms with van der Waals surface area (Å²) in [5, 5.41) is 0. The number of pyridine rings is 1. The highest BCUT2D eigenvalue weighted by Crippen LogP contribution is 2.36. The van der Waals surface area contributed by atoms with Gasteiger partial charge in [-0.2, -0.15) is 0 Å². The maximum absolute atomic E-state index is 11.5. The molecule has 1 aliphatic rings. The molecule has 1 aromatic heterocycles. The average molecular weight is 235 g/mol. The smallest absolute Gasteiger partial charge is 0.313 e. The first-order valence-electron chi connectivity index (χ1n) is 5.23. The van der Waals surface area contributed by atoms with E-state index in [1.54, 1.807) is 24.2 Å². The van der Waals surface area contributed by atoms with Crippen LogP contribution in [0.15, 0.2) is 30.6 Å². The topological polar surface area (TPSA) is 39.2 Å². The second-order valence-corrected chi connectivity index (χ2v) is 4.50. The molecule has 1 atom stereocenters. The molecule has 2 heterocycles. The molecular weight excluding hydrogens is 222 g/mol. The first-order valence-corrected chi connectivity index (χ1v) is 6.21. The number of esters is 1. The summed E-state index contributed by atoms with van der Waals surface area (Å²) in [4.78, 5) is 16.6. The quantitative estimate of drug-likeness (QED) is 0.754. The van der Waals surface area contributed by atoms with Gasteiger partial charge in [0.2, 0.25) is 0 Å². The SMILES string of the molecule is CCOC(=O)C1C=C(c2ccncc2)SC1. The summed E-state index contributed by atoms with van der Waals surface area (Å²) in [6.45, 7) is 2.27. The van der Waals surface area contributed by atoms with Crippen molar-refractivity contribution in [2.24, 2.45) is 5.92 Å². The van der Waals surface area contributed by atoms with Crippen LogP contribution in [0.1, 0.15) is 12.5 Å². The third kappa shape index (κ3) is 2.44. The van der Waals surface area contributed by atoms with Crippen LogP contribution < -0.4 is 0 Å². The largest absolute Gasteiger partial charge is 0.466 e. The van der Waals surface area contributed by atoms with Gasteiger partial charge in [0.25, 0.3) is 0 Å². The maximum Gasteiger partial charge on any atom is 0.313 e. The molecule has 0 amide bonds. The van der Waals surface area contributed by atoms with Crippen LogP contribution in [0.2, 0.25) is 0 Å². The van der Waals surface area contributed by atoms with Crippen LogP contribution in [0, 0.1) is 5.92 Å². The Hall–Kier alpha value is -1.29. The van der Waals surface area contributed by atoms with E-state index >= 15 is 0 Å². The molecule has 4 heteroatoms. The van der Waals surface area contributed by atoms with Crippen molar-refractivity contribution >= 4 is 22.6 Å². The van der Waals surface area contributed by atoms with Gasteiger partial charge >= 0.3 is 5.97 Å². The minimum Gasteiger partial charge on any atom is -0.466 e. The molecule has 1 aliphatic heterocycles. The predicted molar refractivity (Wildman–Crippen MR) is 64.8 cm³/mol. The number of carbonyl (C=O) groups is 1. The summed E-state index contributed by atoms with van der Waals surface area (Å²) < 4.78 is 5.00. The minimum absolute atomic E-state index is 0.104. The highest BCUT2D eigenvalue weighted by molar-refractivity contribution is 8.08. The lowest BCUT2D eigenvalue weighted by molar-refractivity contribution is -0.145. The van der Waals surface area contributed by atoms with Gasteiger partial charge in [0.15, 0.2) is 0 Å². The van der Waals surface area contributed by atoms with Crippen molar-refractivity contribution in [2.75, 3.05) is 12.4 Å². The van der Waals surface area contributed by atoms with E-state index in [-0.39, 0.29) is 11.9 Å². The van der Waals surface area contributed by atoms with Crippen LogP contribution in [-0.2, 0) is 9.53 Å². The average Bonchev–Trinajstić information content (AvgIpc) is 2.80. The van der Waals surface area contributed by atoms with Gasteiger partial charge in [0.05, 0.1) is 12.5 Å². The van der Waals surface area contributed by atoms with Crippen molar-refractivity contribution in [1.29, 1.82) is 0 Å². The number of aromatic nitrogens is 1. The summed E-state index contributed by atoms with van der Waals surface area (Å²) in [6.07, 6.45) is 5.50. The summed E-state index contributed by atoms with van der Waals surface area (Å²) in [7, 11) is 0. The van der Waals surface area contributed by atoms with Gasteiger partial charge in [0, 0.05) is 23.1 Å². The van der Waals surface area contributed by atoms with Gasteiger partial charge in [-0.3, -0.25) is 9.78 Å². The standard InChI is InChI=1S/C12H13NO2S/c1-2-15-12(14)10-7-11(16-8-10)9-3-5-13-6-4-9/h3-7,10H,2,8H2,1H3. The summed E-state index contributed by atoms with van der Waals surface area (Å²) in [6, 6.07) is 3.90. The number of ether oxygens (including phenoxy) is 1. The van der Waals surface area contributed by atoms with E-state index in [0.29, 0.717) is 6.61 Å². The van der Waals surface area contributed by atoms with E-state index < -0.39 is 0 Å². The Morgan fingerprint density at radius 1 is 1.56 bits per heavy atom. The predicted octanol–water partition coefficient (Wildman–Crippen LogP) is 2.35. The Bertz CT molecular complexity index is 403. The number of carbonyl (C=O) groups excluding carboxylic acids is 1. The summed E-state index contributed by atoms with van der Waals surface area (Å²) >= 11 is 1.69. The number of rotatable bonds is 3. The first-order chi connectivity index (χ1) is 7.81. The van der Waals surface area contributed by atoms with Gasteiger partial charge < -0.3 is 4.74 Å². The molecule has 0 aliphatic carbocycles. The van der Waals surface area contributed by atoms with Gasteiger partial charge in [-0.05, 0) is 24.6 Å². The van der Waals surface area contributed by atoms with Gasteiger partial charge in [-0.25, -0.2) is 0 Å². The third-order valence-corrected chi connectivity index (χ3v) is 3.53. The molecule has 84 valence electrons. The molecular formula is C12H13NO2S. The zero-order valence-corrected chi connectivity index (χ0v) is 9.87. The Balaban J connectivity index is 2.09. The van der Waals surface area contributed by atoms with Crippen LogP contribution in [0.4, 0.5) is 0 Å². The molecule has 0 spiro atoms. The number of thioether (sulfide) groups is 1. The van der Waals surface area contributed by atoms with Crippen molar-refractivity contribution in [1.82, 2.24) is 4.98 Å². The fraction of sp³-hybridized carbons (Fsp3) is 0.333. The van der Waals surface area contributed by atoms with E-state index in [0.717, 1.165) is 16.2 Å². The van der Waals surface area contributed by atoms with Crippen molar-refractivity contribution in [3.63, 3.8) is 0 Å². The van der Waals surface area contributed by atoms with Crippen molar-refractivity contribution in [2.45, 2.75) is 6.92 Å². The Kier molecular flexibility index (Phi) is 3.62. The van der Waals surface area contributed by atoms with Crippen LogP contribution in [0.5, 0.6) is 0 Å². The third-order valence-electron chi connectivity index (χ3n) is 2.33. The van der Waals surface area contributed by atoms with Crippen molar-refractivity contribution in [3.8, 4) is 0 Å². The van der Waals surface area contributed by atoms with Gasteiger partial charge in [0.1, 0.15) is 0 Å². The molecule has 3 nitrogen and oxygen atoms in total. The van der Waals surface area contributed by atoms with E-state index in [2.05, 4.69) is 4.98 Å². The lowest BCUT2D eigenvalue weighted by Crippen LogP contribution is -2.15. The number of hydrogen-bond donors (Lipinski definition) is 0. The van der Waals surface area contributed by atoms with Gasteiger partial charge in [-0.15, -0.1) is 11.8 Å². The number of nitrogens with zero attached hydrogens (tertiary/aromatic N) is 1. The second-order valence-electron chi connectivity index (χ2n) is 3.44. The molecule has 1 aromatic rings. The van der Waals surface area contributed by atoms with E-state index in [1.165, 1.54) is 0 Å². The summed E-state index contributed by atoms with van der Waals surface area (Å²) in [5.41, 5.74) is 1.12. The molecule has 0 saturated heterocycles. The maximum atomic E-state index is 11.5. The van der Waals surface area contributed by atoms with Crippen LogP contribution in [0.25, 0.3) is 4.91 Å². The zero-order chi connectivity index (χ0) is 11.4. The van der Waals surface area contributed by atoms with E-state index in [1.807, 2.05) is 25.1 Å². The monoisotopic (exact) mass is 235 g/mol. The fourth-order valence-electron chi connectivity index (χ4n) is 1.54. The summed E-state index contributed by atoms with van der Waals surface area (Å²) in [5.74, 6) is 0.545. The molecule has 16 heavy (non-hydrogen) atoms.